The fourth-order valence-electron chi connectivity index (χ4n) is 4.01. The molecule has 3 heterocycles. The molecule has 1 aromatic rings. The molecule has 6 nitrogen and oxygen atoms in total. The molecule has 6 heteroatoms. The Balaban J connectivity index is 1.34. The summed E-state index contributed by atoms with van der Waals surface area (Å²) >= 11 is 0. The van der Waals surface area contributed by atoms with E-state index in [0.717, 1.165) is 69.3 Å². The first-order chi connectivity index (χ1) is 12.2. The molecule has 2 unspecified atom stereocenters. The largest absolute Gasteiger partial charge is 0.497 e. The minimum Gasteiger partial charge on any atom is -0.497 e. The summed E-state index contributed by atoms with van der Waals surface area (Å²) in [4.78, 5) is 17.4. The van der Waals surface area contributed by atoms with Gasteiger partial charge in [0, 0.05) is 44.9 Å². The van der Waals surface area contributed by atoms with Crippen molar-refractivity contribution < 1.29 is 19.0 Å². The number of benzene rings is 1. The van der Waals surface area contributed by atoms with Crippen molar-refractivity contribution in [2.45, 2.75) is 18.9 Å². The first-order valence-corrected chi connectivity index (χ1v) is 9.15. The van der Waals surface area contributed by atoms with Crippen LogP contribution in [0.15, 0.2) is 18.2 Å². The molecule has 0 bridgehead atoms. The van der Waals surface area contributed by atoms with Crippen LogP contribution >= 0.6 is 0 Å². The fraction of sp³-hybridized carbons (Fsp3) is 0.632. The molecule has 0 spiro atoms. The zero-order valence-corrected chi connectivity index (χ0v) is 14.8. The van der Waals surface area contributed by atoms with E-state index in [1.54, 1.807) is 7.11 Å². The quantitative estimate of drug-likeness (QED) is 0.823. The van der Waals surface area contributed by atoms with Gasteiger partial charge in [-0.2, -0.15) is 0 Å². The van der Waals surface area contributed by atoms with Crippen LogP contribution in [0.3, 0.4) is 0 Å². The van der Waals surface area contributed by atoms with Crippen molar-refractivity contribution in [2.24, 2.45) is 5.92 Å². The summed E-state index contributed by atoms with van der Waals surface area (Å²) in [5, 5.41) is 0. The molecule has 2 saturated heterocycles. The van der Waals surface area contributed by atoms with Crippen molar-refractivity contribution in [3.05, 3.63) is 23.8 Å². The summed E-state index contributed by atoms with van der Waals surface area (Å²) in [6.07, 6.45) is 1.86. The first kappa shape index (κ1) is 16.7. The van der Waals surface area contributed by atoms with E-state index in [2.05, 4.69) is 4.90 Å². The molecule has 25 heavy (non-hydrogen) atoms. The van der Waals surface area contributed by atoms with Crippen LogP contribution in [0.1, 0.15) is 12.0 Å². The zero-order valence-electron chi connectivity index (χ0n) is 14.8. The maximum atomic E-state index is 12.9. The van der Waals surface area contributed by atoms with E-state index in [4.69, 9.17) is 14.2 Å². The lowest BCUT2D eigenvalue weighted by Crippen LogP contribution is -2.54. The molecule has 1 aromatic carbocycles. The predicted molar refractivity (Wildman–Crippen MR) is 93.1 cm³/mol. The van der Waals surface area contributed by atoms with Gasteiger partial charge in [0.1, 0.15) is 18.1 Å². The van der Waals surface area contributed by atoms with Gasteiger partial charge in [0.05, 0.1) is 19.6 Å². The maximum Gasteiger partial charge on any atom is 0.229 e. The Morgan fingerprint density at radius 3 is 2.76 bits per heavy atom. The molecule has 2 fully saturated rings. The monoisotopic (exact) mass is 346 g/mol. The Labute approximate surface area is 148 Å². The fourth-order valence-corrected chi connectivity index (χ4v) is 4.01. The Hall–Kier alpha value is -1.79. The number of rotatable bonds is 3. The van der Waals surface area contributed by atoms with Gasteiger partial charge >= 0.3 is 0 Å². The van der Waals surface area contributed by atoms with E-state index in [1.165, 1.54) is 0 Å². The average molecular weight is 346 g/mol. The molecule has 2 atom stereocenters. The summed E-state index contributed by atoms with van der Waals surface area (Å²) in [7, 11) is 1.65. The van der Waals surface area contributed by atoms with Crippen LogP contribution in [0, 0.1) is 5.92 Å². The van der Waals surface area contributed by atoms with Gasteiger partial charge in [-0.15, -0.1) is 0 Å². The molecular weight excluding hydrogens is 320 g/mol. The molecule has 3 aliphatic rings. The maximum absolute atomic E-state index is 12.9. The third kappa shape index (κ3) is 3.46. The van der Waals surface area contributed by atoms with Gasteiger partial charge in [0.25, 0.3) is 0 Å². The molecule has 0 aliphatic carbocycles. The van der Waals surface area contributed by atoms with Crippen molar-refractivity contribution in [1.82, 2.24) is 9.80 Å². The lowest BCUT2D eigenvalue weighted by Gasteiger charge is -2.39. The van der Waals surface area contributed by atoms with Gasteiger partial charge in [-0.25, -0.2) is 0 Å². The first-order valence-electron chi connectivity index (χ1n) is 9.15. The summed E-state index contributed by atoms with van der Waals surface area (Å²) in [5.74, 6) is 1.77. The molecule has 136 valence electrons. The van der Waals surface area contributed by atoms with Crippen molar-refractivity contribution in [1.29, 1.82) is 0 Å². The molecule has 4 rings (SSSR count). The second kappa shape index (κ2) is 7.22. The van der Waals surface area contributed by atoms with Crippen molar-refractivity contribution >= 4 is 5.91 Å². The summed E-state index contributed by atoms with van der Waals surface area (Å²) < 4.78 is 16.6. The van der Waals surface area contributed by atoms with Gasteiger partial charge < -0.3 is 19.1 Å². The molecule has 0 radical (unpaired) electrons. The average Bonchev–Trinajstić information content (AvgIpc) is 3.21. The highest BCUT2D eigenvalue weighted by molar-refractivity contribution is 5.80. The molecule has 0 saturated carbocycles. The van der Waals surface area contributed by atoms with Crippen LogP contribution in [-0.2, 0) is 16.0 Å². The lowest BCUT2D eigenvalue weighted by molar-refractivity contribution is -0.139. The Morgan fingerprint density at radius 1 is 1.20 bits per heavy atom. The third-order valence-electron chi connectivity index (χ3n) is 5.58. The van der Waals surface area contributed by atoms with E-state index in [-0.39, 0.29) is 11.8 Å². The molecular formula is C19H26N2O4. The number of hydrogen-bond donors (Lipinski definition) is 0. The van der Waals surface area contributed by atoms with Crippen LogP contribution in [0.25, 0.3) is 0 Å². The van der Waals surface area contributed by atoms with Gasteiger partial charge in [-0.05, 0) is 24.5 Å². The van der Waals surface area contributed by atoms with Gasteiger partial charge in [-0.1, -0.05) is 6.07 Å². The molecule has 0 aromatic heterocycles. The summed E-state index contributed by atoms with van der Waals surface area (Å²) in [5.41, 5.74) is 1.09. The number of hydrogen-bond acceptors (Lipinski definition) is 5. The second-order valence-electron chi connectivity index (χ2n) is 7.06. The molecule has 0 N–H and O–H groups in total. The topological polar surface area (TPSA) is 51.2 Å². The normalized spacial score (nSPS) is 26.8. The minimum absolute atomic E-state index is 0.0812. The standard InChI is InChI=1S/C19H26N2O4/c1-23-17-3-2-14-10-15(12-25-18(14)11-17)19(22)21-7-5-20(6-8-21)16-4-9-24-13-16/h2-3,11,15-16H,4-10,12-13H2,1H3. The van der Waals surface area contributed by atoms with E-state index in [1.807, 2.05) is 23.1 Å². The highest BCUT2D eigenvalue weighted by Gasteiger charge is 2.33. The van der Waals surface area contributed by atoms with Crippen molar-refractivity contribution in [3.8, 4) is 11.5 Å². The predicted octanol–water partition coefficient (Wildman–Crippen LogP) is 1.18. The number of amides is 1. The number of carbonyl (C=O) groups is 1. The highest BCUT2D eigenvalue weighted by atomic mass is 16.5. The summed E-state index contributed by atoms with van der Waals surface area (Å²) in [6.45, 7) is 5.67. The number of methoxy groups -OCH3 is 1. The Bertz CT molecular complexity index is 622. The highest BCUT2D eigenvalue weighted by Crippen LogP contribution is 2.31. The summed E-state index contributed by atoms with van der Waals surface area (Å²) in [6, 6.07) is 6.37. The minimum atomic E-state index is -0.0812. The van der Waals surface area contributed by atoms with Gasteiger partial charge in [0.15, 0.2) is 0 Å². The number of piperazine rings is 1. The Morgan fingerprint density at radius 2 is 2.04 bits per heavy atom. The second-order valence-corrected chi connectivity index (χ2v) is 7.06. The van der Waals surface area contributed by atoms with Gasteiger partial charge in [0.2, 0.25) is 5.91 Å². The zero-order chi connectivity index (χ0) is 17.2. The van der Waals surface area contributed by atoms with Crippen molar-refractivity contribution in [3.63, 3.8) is 0 Å². The van der Waals surface area contributed by atoms with Crippen molar-refractivity contribution in [2.75, 3.05) is 53.1 Å². The van der Waals surface area contributed by atoms with Crippen LogP contribution in [0.2, 0.25) is 0 Å². The smallest absolute Gasteiger partial charge is 0.229 e. The van der Waals surface area contributed by atoms with Crippen LogP contribution in [0.4, 0.5) is 0 Å². The van der Waals surface area contributed by atoms with Crippen LogP contribution in [0.5, 0.6) is 11.5 Å². The number of carbonyl (C=O) groups excluding carboxylic acids is 1. The number of nitrogens with zero attached hydrogens (tertiary/aromatic N) is 2. The van der Waals surface area contributed by atoms with Crippen LogP contribution in [-0.4, -0.2) is 74.9 Å². The van der Waals surface area contributed by atoms with E-state index >= 15 is 0 Å². The van der Waals surface area contributed by atoms with E-state index < -0.39 is 0 Å². The van der Waals surface area contributed by atoms with E-state index in [0.29, 0.717) is 12.6 Å². The Kier molecular flexibility index (Phi) is 4.81. The number of fused-ring (bicyclic) bond motifs is 1. The third-order valence-corrected chi connectivity index (χ3v) is 5.58. The molecule has 3 aliphatic heterocycles. The van der Waals surface area contributed by atoms with Gasteiger partial charge in [-0.3, -0.25) is 9.69 Å². The number of ether oxygens (including phenoxy) is 3. The van der Waals surface area contributed by atoms with Crippen LogP contribution < -0.4 is 9.47 Å². The molecule has 1 amide bonds. The SMILES string of the molecule is COc1ccc2c(c1)OCC(C(=O)N1CCN(C3CCOC3)CC1)C2. The van der Waals surface area contributed by atoms with E-state index in [9.17, 15) is 4.79 Å². The lowest BCUT2D eigenvalue weighted by atomic mass is 9.95.